The fourth-order valence-electron chi connectivity index (χ4n) is 5.11. The second-order valence-corrected chi connectivity index (χ2v) is 8.45. The molecule has 2 heterocycles. The van der Waals surface area contributed by atoms with Gasteiger partial charge >= 0.3 is 5.69 Å². The molecule has 7 heteroatoms. The smallest absolute Gasteiger partial charge is 0.326 e. The Morgan fingerprint density at radius 3 is 2.50 bits per heavy atom. The Morgan fingerprint density at radius 2 is 1.86 bits per heavy atom. The molecule has 1 aromatic carbocycles. The molecule has 154 valence electrons. The minimum Gasteiger partial charge on any atom is -0.379 e. The molecule has 0 unspecified atom stereocenters. The minimum atomic E-state index is -0.721. The Labute approximate surface area is 163 Å². The molecule has 0 bridgehead atoms. The molecule has 1 saturated heterocycles. The Balaban J connectivity index is 1.47. The monoisotopic (exact) mass is 393 g/mol. The highest BCUT2D eigenvalue weighted by Crippen LogP contribution is 2.38. The summed E-state index contributed by atoms with van der Waals surface area (Å²) in [6.07, 6.45) is 6.39. The second kappa shape index (κ2) is 7.59. The molecule has 2 aliphatic rings. The highest BCUT2D eigenvalue weighted by Gasteiger charge is 2.38. The fourth-order valence-corrected chi connectivity index (χ4v) is 5.11. The van der Waals surface area contributed by atoms with Crippen molar-refractivity contribution < 1.29 is 13.5 Å². The van der Waals surface area contributed by atoms with E-state index in [1.165, 1.54) is 6.07 Å². The molecule has 0 amide bonds. The van der Waals surface area contributed by atoms with Crippen molar-refractivity contribution in [2.24, 2.45) is 0 Å². The van der Waals surface area contributed by atoms with Crippen molar-refractivity contribution in [1.29, 1.82) is 0 Å². The molecule has 5 nitrogen and oxygen atoms in total. The lowest BCUT2D eigenvalue weighted by Crippen LogP contribution is -2.53. The zero-order valence-electron chi connectivity index (χ0n) is 16.6. The molecule has 0 spiro atoms. The number of likely N-dealkylation sites (tertiary alicyclic amines) is 1. The highest BCUT2D eigenvalue weighted by molar-refractivity contribution is 5.76. The molecular weight excluding hydrogens is 364 g/mol. The van der Waals surface area contributed by atoms with Gasteiger partial charge in [-0.3, -0.25) is 9.47 Å². The zero-order chi connectivity index (χ0) is 19.9. The first-order valence-corrected chi connectivity index (χ1v) is 10.4. The van der Waals surface area contributed by atoms with E-state index in [-0.39, 0.29) is 22.8 Å². The van der Waals surface area contributed by atoms with Gasteiger partial charge in [0.1, 0.15) is 11.3 Å². The number of nitrogens with zero attached hydrogens (tertiary/aromatic N) is 2. The van der Waals surface area contributed by atoms with Crippen LogP contribution in [0.2, 0.25) is 0 Å². The number of piperidine rings is 1. The lowest BCUT2D eigenvalue weighted by Gasteiger charge is -2.48. The van der Waals surface area contributed by atoms with E-state index in [0.717, 1.165) is 64.3 Å². The normalized spacial score (nSPS) is 27.5. The van der Waals surface area contributed by atoms with Gasteiger partial charge in [-0.05, 0) is 52.4 Å². The fraction of sp³-hybridized carbons (Fsp3) is 0.667. The first-order valence-electron chi connectivity index (χ1n) is 10.4. The lowest BCUT2D eigenvalue weighted by atomic mass is 9.79. The molecule has 0 atom stereocenters. The molecule has 4 rings (SSSR count). The number of aromatic amines is 1. The van der Waals surface area contributed by atoms with Crippen molar-refractivity contribution in [2.75, 3.05) is 19.7 Å². The van der Waals surface area contributed by atoms with Crippen molar-refractivity contribution in [3.05, 3.63) is 34.3 Å². The second-order valence-electron chi connectivity index (χ2n) is 8.45. The Hall–Kier alpha value is -1.73. The number of ether oxygens (including phenoxy) is 1. The number of nitrogens with one attached hydrogen (secondary N) is 1. The van der Waals surface area contributed by atoms with Crippen LogP contribution < -0.4 is 5.69 Å². The van der Waals surface area contributed by atoms with Crippen LogP contribution in [0.15, 0.2) is 16.9 Å². The third-order valence-electron chi connectivity index (χ3n) is 6.75. The number of benzene rings is 1. The van der Waals surface area contributed by atoms with Crippen LogP contribution in [0.25, 0.3) is 11.0 Å². The molecule has 1 aromatic heterocycles. The largest absolute Gasteiger partial charge is 0.379 e. The third kappa shape index (κ3) is 3.50. The number of halogens is 2. The number of hydrogen-bond acceptors (Lipinski definition) is 3. The first-order chi connectivity index (χ1) is 13.4. The standard InChI is InChI=1S/C21H29F2N3O2/c1-3-28-16-4-8-21(2,9-5-16)25-10-6-15(7-11-25)26-18-13-14(22)12-17(23)19(18)24-20(26)27/h12-13,15-16H,3-11H2,1-2H3,(H,24,27). The Morgan fingerprint density at radius 1 is 1.18 bits per heavy atom. The summed E-state index contributed by atoms with van der Waals surface area (Å²) in [6, 6.07) is 2.02. The van der Waals surface area contributed by atoms with Crippen LogP contribution in [-0.4, -0.2) is 45.8 Å². The van der Waals surface area contributed by atoms with Gasteiger partial charge in [-0.2, -0.15) is 0 Å². The Kier molecular flexibility index (Phi) is 5.31. The van der Waals surface area contributed by atoms with E-state index in [0.29, 0.717) is 11.6 Å². The number of aromatic nitrogens is 2. The van der Waals surface area contributed by atoms with Gasteiger partial charge in [-0.15, -0.1) is 0 Å². The van der Waals surface area contributed by atoms with Crippen molar-refractivity contribution in [3.8, 4) is 0 Å². The van der Waals surface area contributed by atoms with Crippen LogP contribution >= 0.6 is 0 Å². The molecule has 1 aliphatic heterocycles. The maximum absolute atomic E-state index is 14.0. The van der Waals surface area contributed by atoms with Crippen molar-refractivity contribution >= 4 is 11.0 Å². The van der Waals surface area contributed by atoms with Gasteiger partial charge in [0.15, 0.2) is 5.82 Å². The van der Waals surface area contributed by atoms with E-state index >= 15 is 0 Å². The van der Waals surface area contributed by atoms with E-state index in [2.05, 4.69) is 16.8 Å². The third-order valence-corrected chi connectivity index (χ3v) is 6.75. The predicted octanol–water partition coefficient (Wildman–Crippen LogP) is 3.98. The molecule has 2 fully saturated rings. The van der Waals surface area contributed by atoms with Crippen molar-refractivity contribution in [3.63, 3.8) is 0 Å². The topological polar surface area (TPSA) is 50.3 Å². The maximum Gasteiger partial charge on any atom is 0.326 e. The van der Waals surface area contributed by atoms with E-state index in [1.807, 2.05) is 6.92 Å². The summed E-state index contributed by atoms with van der Waals surface area (Å²) >= 11 is 0. The van der Waals surface area contributed by atoms with Gasteiger partial charge < -0.3 is 9.72 Å². The molecule has 1 N–H and O–H groups in total. The molecule has 0 radical (unpaired) electrons. The average molecular weight is 393 g/mol. The van der Waals surface area contributed by atoms with E-state index in [1.54, 1.807) is 4.57 Å². The maximum atomic E-state index is 14.0. The summed E-state index contributed by atoms with van der Waals surface area (Å²) < 4.78 is 35.0. The lowest BCUT2D eigenvalue weighted by molar-refractivity contribution is -0.0273. The van der Waals surface area contributed by atoms with Crippen LogP contribution in [0, 0.1) is 11.6 Å². The van der Waals surface area contributed by atoms with Gasteiger partial charge in [0, 0.05) is 43.4 Å². The van der Waals surface area contributed by atoms with Crippen molar-refractivity contribution in [2.45, 2.75) is 70.1 Å². The van der Waals surface area contributed by atoms with Gasteiger partial charge in [0.25, 0.3) is 0 Å². The summed E-state index contributed by atoms with van der Waals surface area (Å²) in [5.74, 6) is -1.38. The zero-order valence-corrected chi connectivity index (χ0v) is 16.6. The predicted molar refractivity (Wildman–Crippen MR) is 105 cm³/mol. The van der Waals surface area contributed by atoms with Gasteiger partial charge in [-0.1, -0.05) is 0 Å². The summed E-state index contributed by atoms with van der Waals surface area (Å²) in [5, 5.41) is 0. The number of fused-ring (bicyclic) bond motifs is 1. The van der Waals surface area contributed by atoms with Crippen LogP contribution in [0.4, 0.5) is 8.78 Å². The van der Waals surface area contributed by atoms with Gasteiger partial charge in [0.2, 0.25) is 0 Å². The number of H-pyrrole nitrogens is 1. The van der Waals surface area contributed by atoms with Crippen LogP contribution in [0.3, 0.4) is 0 Å². The molecule has 1 aliphatic carbocycles. The molecule has 2 aromatic rings. The highest BCUT2D eigenvalue weighted by atomic mass is 19.1. The van der Waals surface area contributed by atoms with Gasteiger partial charge in [-0.25, -0.2) is 13.6 Å². The Bertz CT molecular complexity index is 891. The average Bonchev–Trinajstić information content (AvgIpc) is 3.00. The summed E-state index contributed by atoms with van der Waals surface area (Å²) in [6.45, 7) is 6.92. The number of rotatable bonds is 4. The van der Waals surface area contributed by atoms with Crippen LogP contribution in [-0.2, 0) is 4.74 Å². The van der Waals surface area contributed by atoms with E-state index in [4.69, 9.17) is 4.74 Å². The molecule has 28 heavy (non-hydrogen) atoms. The quantitative estimate of drug-likeness (QED) is 0.855. The SMILES string of the molecule is CCOC1CCC(C)(N2CCC(n3c(=O)[nH]c4c(F)cc(F)cc43)CC2)CC1. The summed E-state index contributed by atoms with van der Waals surface area (Å²) in [4.78, 5) is 17.5. The van der Waals surface area contributed by atoms with Crippen LogP contribution in [0.5, 0.6) is 0 Å². The minimum absolute atomic E-state index is 0.0398. The molecular formula is C21H29F2N3O2. The van der Waals surface area contributed by atoms with Crippen LogP contribution in [0.1, 0.15) is 58.4 Å². The summed E-state index contributed by atoms with van der Waals surface area (Å²) in [7, 11) is 0. The van der Waals surface area contributed by atoms with E-state index < -0.39 is 11.6 Å². The first kappa shape index (κ1) is 19.6. The van der Waals surface area contributed by atoms with Crippen molar-refractivity contribution in [1.82, 2.24) is 14.5 Å². The van der Waals surface area contributed by atoms with Gasteiger partial charge in [0.05, 0.1) is 11.6 Å². The number of hydrogen-bond donors (Lipinski definition) is 1. The van der Waals surface area contributed by atoms with E-state index in [9.17, 15) is 13.6 Å². The molecule has 1 saturated carbocycles. The summed E-state index contributed by atoms with van der Waals surface area (Å²) in [5.41, 5.74) is 0.225. The number of imidazole rings is 1.